The minimum Gasteiger partial charge on any atom is -0.481 e. The van der Waals surface area contributed by atoms with Gasteiger partial charge in [0.15, 0.2) is 5.96 Å². The van der Waals surface area contributed by atoms with Crippen molar-refractivity contribution in [2.24, 2.45) is 22.2 Å². The first-order chi connectivity index (χ1) is 17.0. The minimum absolute atomic E-state index is 0.0856. The topological polar surface area (TPSA) is 224 Å². The number of guanidine groups is 1. The Morgan fingerprint density at radius 3 is 2.47 bits per heavy atom. The first-order valence-electron chi connectivity index (χ1n) is 11.2. The van der Waals surface area contributed by atoms with E-state index in [1.54, 1.807) is 19.1 Å². The van der Waals surface area contributed by atoms with E-state index in [2.05, 4.69) is 10.3 Å². The highest BCUT2D eigenvalue weighted by atomic mass is 16.4. The summed E-state index contributed by atoms with van der Waals surface area (Å²) in [5.74, 6) is -3.13. The number of aryl methyl sites for hydroxylation is 1. The van der Waals surface area contributed by atoms with Gasteiger partial charge in [-0.25, -0.2) is 4.79 Å². The Kier molecular flexibility index (Phi) is 9.95. The van der Waals surface area contributed by atoms with Crippen LogP contribution in [0.25, 0.3) is 11.0 Å². The molecule has 1 atom stereocenters. The normalized spacial score (nSPS) is 11.5. The minimum atomic E-state index is -1.12. The zero-order valence-electron chi connectivity index (χ0n) is 19.9. The zero-order chi connectivity index (χ0) is 26.8. The van der Waals surface area contributed by atoms with Crippen LogP contribution in [-0.2, 0) is 19.2 Å². The summed E-state index contributed by atoms with van der Waals surface area (Å²) in [6.45, 7) is 1.46. The van der Waals surface area contributed by atoms with Crippen LogP contribution in [-0.4, -0.2) is 53.9 Å². The van der Waals surface area contributed by atoms with Crippen LogP contribution in [0.3, 0.4) is 0 Å². The molecule has 36 heavy (non-hydrogen) atoms. The molecule has 1 aromatic heterocycles. The van der Waals surface area contributed by atoms with Gasteiger partial charge in [0.05, 0.1) is 6.54 Å². The van der Waals surface area contributed by atoms with Crippen molar-refractivity contribution in [1.82, 2.24) is 5.32 Å². The van der Waals surface area contributed by atoms with Crippen molar-refractivity contribution in [1.29, 1.82) is 0 Å². The number of amides is 3. The van der Waals surface area contributed by atoms with E-state index >= 15 is 0 Å². The number of hydrogen-bond donors (Lipinski definition) is 5. The van der Waals surface area contributed by atoms with Gasteiger partial charge >= 0.3 is 11.6 Å². The number of nitrogens with one attached hydrogen (secondary N) is 1. The predicted octanol–water partition coefficient (Wildman–Crippen LogP) is -0.287. The fourth-order valence-corrected chi connectivity index (χ4v) is 3.60. The Bertz CT molecular complexity index is 1220. The van der Waals surface area contributed by atoms with Crippen LogP contribution in [0.4, 0.5) is 5.69 Å². The van der Waals surface area contributed by atoms with Crippen LogP contribution < -0.4 is 33.0 Å². The van der Waals surface area contributed by atoms with Crippen LogP contribution in [0.5, 0.6) is 0 Å². The van der Waals surface area contributed by atoms with Crippen LogP contribution in [0.1, 0.15) is 37.7 Å². The molecule has 0 radical (unpaired) electrons. The van der Waals surface area contributed by atoms with Gasteiger partial charge < -0.3 is 32.0 Å². The lowest BCUT2D eigenvalue weighted by Gasteiger charge is -2.30. The van der Waals surface area contributed by atoms with E-state index in [1.807, 2.05) is 0 Å². The first-order valence-corrected chi connectivity index (χ1v) is 11.2. The van der Waals surface area contributed by atoms with Crippen molar-refractivity contribution in [3.8, 4) is 0 Å². The second-order valence-corrected chi connectivity index (χ2v) is 8.08. The number of nitrogens with two attached hydrogens (primary N) is 3. The molecule has 8 N–H and O–H groups in total. The average Bonchev–Trinajstić information content (AvgIpc) is 2.78. The van der Waals surface area contributed by atoms with E-state index < -0.39 is 41.9 Å². The number of carboxylic acid groups (broad SMARTS) is 1. The van der Waals surface area contributed by atoms with Crippen molar-refractivity contribution in [2.75, 3.05) is 18.0 Å². The molecular formula is C23H30N6O7. The fourth-order valence-electron chi connectivity index (χ4n) is 3.60. The second-order valence-electron chi connectivity index (χ2n) is 8.08. The predicted molar refractivity (Wildman–Crippen MR) is 132 cm³/mol. The lowest BCUT2D eigenvalue weighted by molar-refractivity contribution is -0.137. The lowest BCUT2D eigenvalue weighted by Crippen LogP contribution is -2.51. The van der Waals surface area contributed by atoms with E-state index in [0.29, 0.717) is 17.4 Å². The second kappa shape index (κ2) is 12.9. The standard InChI is InChI=1S/C23H30N6O7/c1-13-10-21(34)36-17-11-14(7-8-15(13)17)29(16(22(24)35)4-3-9-27-23(25)26)19(31)12-28-18(30)5-2-6-20(32)33/h7-8,10-11,16H,2-6,9,12H2,1H3,(H2,24,35)(H,28,30)(H,32,33)(H4,25,26,27)/t16-/m0/s1. The fraction of sp³-hybridized carbons (Fsp3) is 0.391. The lowest BCUT2D eigenvalue weighted by atomic mass is 10.1. The molecule has 1 aromatic carbocycles. The molecule has 0 bridgehead atoms. The number of aliphatic carboxylic acids is 1. The summed E-state index contributed by atoms with van der Waals surface area (Å²) >= 11 is 0. The molecule has 0 aliphatic carbocycles. The summed E-state index contributed by atoms with van der Waals surface area (Å²) in [5, 5.41) is 11.8. The number of anilines is 1. The van der Waals surface area contributed by atoms with E-state index in [0.717, 1.165) is 4.90 Å². The molecule has 0 aliphatic heterocycles. The molecule has 2 rings (SSSR count). The molecular weight excluding hydrogens is 472 g/mol. The van der Waals surface area contributed by atoms with Gasteiger partial charge in [-0.1, -0.05) is 0 Å². The van der Waals surface area contributed by atoms with Crippen molar-refractivity contribution in [3.63, 3.8) is 0 Å². The Morgan fingerprint density at radius 1 is 1.11 bits per heavy atom. The number of benzene rings is 1. The SMILES string of the molecule is Cc1cc(=O)oc2cc(N(C(=O)CNC(=O)CCCC(=O)O)[C@@H](CCCN=C(N)N)C(N)=O)ccc12. The maximum atomic E-state index is 13.2. The maximum Gasteiger partial charge on any atom is 0.336 e. The van der Waals surface area contributed by atoms with Crippen molar-refractivity contribution in [2.45, 2.75) is 45.1 Å². The molecule has 0 spiro atoms. The number of hydrogen-bond acceptors (Lipinski definition) is 7. The van der Waals surface area contributed by atoms with Crippen LogP contribution >= 0.6 is 0 Å². The number of carbonyl (C=O) groups is 4. The summed E-state index contributed by atoms with van der Waals surface area (Å²) in [4.78, 5) is 65.2. The summed E-state index contributed by atoms with van der Waals surface area (Å²) in [5.41, 5.74) is 16.8. The quantitative estimate of drug-likeness (QED) is 0.105. The molecule has 1 heterocycles. The summed E-state index contributed by atoms with van der Waals surface area (Å²) in [6.07, 6.45) is 0.266. The number of carboxylic acids is 1. The molecule has 3 amide bonds. The number of fused-ring (bicyclic) bond motifs is 1. The first kappa shape index (κ1) is 27.8. The van der Waals surface area contributed by atoms with Gasteiger partial charge in [0.2, 0.25) is 17.7 Å². The summed E-state index contributed by atoms with van der Waals surface area (Å²) in [6, 6.07) is 4.88. The number of aliphatic imine (C=N–C) groups is 1. The van der Waals surface area contributed by atoms with E-state index in [-0.39, 0.29) is 49.5 Å². The number of nitrogens with zero attached hydrogens (tertiary/aromatic N) is 2. The Hall–Kier alpha value is -4.42. The van der Waals surface area contributed by atoms with Crippen LogP contribution in [0.15, 0.2) is 38.5 Å². The molecule has 194 valence electrons. The van der Waals surface area contributed by atoms with Crippen molar-refractivity contribution in [3.05, 3.63) is 40.2 Å². The van der Waals surface area contributed by atoms with Gasteiger partial charge in [0.1, 0.15) is 11.6 Å². The Balaban J connectivity index is 2.34. The van der Waals surface area contributed by atoms with Gasteiger partial charge in [0, 0.05) is 42.6 Å². The maximum absolute atomic E-state index is 13.2. The molecule has 13 heteroatoms. The summed E-state index contributed by atoms with van der Waals surface area (Å²) in [7, 11) is 0. The average molecular weight is 503 g/mol. The molecule has 0 saturated carbocycles. The third kappa shape index (κ3) is 8.11. The van der Waals surface area contributed by atoms with E-state index in [9.17, 15) is 24.0 Å². The van der Waals surface area contributed by atoms with Gasteiger partial charge in [-0.05, 0) is 43.9 Å². The van der Waals surface area contributed by atoms with Crippen LogP contribution in [0, 0.1) is 6.92 Å². The Labute approximate surface area is 206 Å². The smallest absolute Gasteiger partial charge is 0.336 e. The summed E-state index contributed by atoms with van der Waals surface area (Å²) < 4.78 is 5.27. The third-order valence-electron chi connectivity index (χ3n) is 5.28. The van der Waals surface area contributed by atoms with Gasteiger partial charge in [-0.2, -0.15) is 0 Å². The molecule has 0 unspecified atom stereocenters. The monoisotopic (exact) mass is 502 g/mol. The highest BCUT2D eigenvalue weighted by molar-refractivity contribution is 6.03. The van der Waals surface area contributed by atoms with Gasteiger partial charge in [-0.3, -0.25) is 29.1 Å². The number of rotatable bonds is 13. The Morgan fingerprint density at radius 2 is 1.83 bits per heavy atom. The van der Waals surface area contributed by atoms with Crippen LogP contribution in [0.2, 0.25) is 0 Å². The molecule has 0 fully saturated rings. The number of primary amides is 1. The molecule has 0 aliphatic rings. The van der Waals surface area contributed by atoms with E-state index in [4.69, 9.17) is 26.7 Å². The highest BCUT2D eigenvalue weighted by Gasteiger charge is 2.30. The molecule has 13 nitrogen and oxygen atoms in total. The van der Waals surface area contributed by atoms with Crippen molar-refractivity contribution >= 4 is 46.3 Å². The third-order valence-corrected chi connectivity index (χ3v) is 5.28. The molecule has 0 saturated heterocycles. The number of carbonyl (C=O) groups excluding carboxylic acids is 3. The molecule has 2 aromatic rings. The van der Waals surface area contributed by atoms with Crippen molar-refractivity contribution < 1.29 is 28.7 Å². The van der Waals surface area contributed by atoms with Gasteiger partial charge in [-0.15, -0.1) is 0 Å². The zero-order valence-corrected chi connectivity index (χ0v) is 19.9. The highest BCUT2D eigenvalue weighted by Crippen LogP contribution is 2.26. The van der Waals surface area contributed by atoms with Gasteiger partial charge in [0.25, 0.3) is 0 Å². The van der Waals surface area contributed by atoms with E-state index in [1.165, 1.54) is 12.1 Å². The largest absolute Gasteiger partial charge is 0.481 e.